The highest BCUT2D eigenvalue weighted by Gasteiger charge is 2.23. The first-order valence-electron chi connectivity index (χ1n) is 6.48. The van der Waals surface area contributed by atoms with Crippen molar-refractivity contribution in [1.29, 1.82) is 10.5 Å². The van der Waals surface area contributed by atoms with Crippen LogP contribution in [0.2, 0.25) is 0 Å². The fraction of sp³-hybridized carbons (Fsp3) is 0.643. The van der Waals surface area contributed by atoms with E-state index in [2.05, 4.69) is 72.5 Å². The zero-order chi connectivity index (χ0) is 17.4. The van der Waals surface area contributed by atoms with E-state index in [1.807, 2.05) is 13.0 Å². The van der Waals surface area contributed by atoms with E-state index in [1.54, 1.807) is 0 Å². The van der Waals surface area contributed by atoms with Gasteiger partial charge in [-0.1, -0.05) is 73.7 Å². The Morgan fingerprint density at radius 1 is 1.45 bits per heavy atom. The first-order valence-corrected chi connectivity index (χ1v) is 9.92. The maximum atomic E-state index is 10.5. The normalized spacial score (nSPS) is 11.4. The van der Waals surface area contributed by atoms with E-state index in [9.17, 15) is 4.79 Å². The van der Waals surface area contributed by atoms with Crippen LogP contribution >= 0.6 is 54.5 Å². The predicted octanol–water partition coefficient (Wildman–Crippen LogP) is 4.50. The second-order valence-corrected chi connectivity index (χ2v) is 6.92. The van der Waals surface area contributed by atoms with Crippen molar-refractivity contribution >= 4 is 60.5 Å². The molecule has 0 aromatic rings. The summed E-state index contributed by atoms with van der Waals surface area (Å²) < 4.78 is 0.108. The van der Waals surface area contributed by atoms with Gasteiger partial charge in [0, 0.05) is 24.3 Å². The number of carbonyl (C=O) groups is 1. The molecule has 1 amide bonds. The Morgan fingerprint density at radius 3 is 2.45 bits per heavy atom. The van der Waals surface area contributed by atoms with Gasteiger partial charge in [-0.3, -0.25) is 0 Å². The highest BCUT2D eigenvalue weighted by molar-refractivity contribution is 14.1. The maximum absolute atomic E-state index is 10.5. The maximum Gasteiger partial charge on any atom is 0.419 e. The molecule has 8 heteroatoms. The molecule has 1 unspecified atom stereocenters. The van der Waals surface area contributed by atoms with E-state index in [1.165, 1.54) is 0 Å². The van der Waals surface area contributed by atoms with Crippen LogP contribution in [0, 0.1) is 34.6 Å². The number of unbranched alkanes of at least 4 members (excludes halogenated alkanes) is 1. The molecule has 122 valence electrons. The van der Waals surface area contributed by atoms with Crippen molar-refractivity contribution in [2.75, 3.05) is 16.3 Å². The van der Waals surface area contributed by atoms with Crippen LogP contribution in [0.4, 0.5) is 4.79 Å². The topological polar surface area (TPSA) is 88.1 Å². The molecular weight excluding hydrogens is 529 g/mol. The first-order chi connectivity index (χ1) is 10.4. The van der Waals surface area contributed by atoms with Crippen molar-refractivity contribution in [3.8, 4) is 24.1 Å². The van der Waals surface area contributed by atoms with Gasteiger partial charge in [0.25, 0.3) is 0 Å². The molecule has 0 saturated heterocycles. The van der Waals surface area contributed by atoms with Crippen LogP contribution in [-0.2, 0) is 0 Å². The third-order valence-electron chi connectivity index (χ3n) is 2.29. The Kier molecular flexibility index (Phi) is 16.6. The van der Waals surface area contributed by atoms with Crippen LogP contribution in [0.3, 0.4) is 0 Å². The standard InChI is InChI=1S/C8H12INO2.C6H6Br2N2/c1-2-3-6-10(8(11)12)7-4-5-9;7-4-6(8,5-10)2-1-3-9/h2-3,5-6H2,1H3,(H,11,12);1-2,4H2. The van der Waals surface area contributed by atoms with Crippen molar-refractivity contribution in [3.63, 3.8) is 0 Å². The summed E-state index contributed by atoms with van der Waals surface area (Å²) in [5, 5.41) is 26.0. The molecule has 1 atom stereocenters. The highest BCUT2D eigenvalue weighted by Crippen LogP contribution is 2.25. The second kappa shape index (κ2) is 15.4. The van der Waals surface area contributed by atoms with Crippen LogP contribution in [0.25, 0.3) is 0 Å². The van der Waals surface area contributed by atoms with Gasteiger partial charge in [0.1, 0.15) is 4.32 Å². The van der Waals surface area contributed by atoms with Crippen molar-refractivity contribution < 1.29 is 9.90 Å². The van der Waals surface area contributed by atoms with Crippen LogP contribution in [0.5, 0.6) is 0 Å². The van der Waals surface area contributed by atoms with E-state index in [4.69, 9.17) is 15.6 Å². The van der Waals surface area contributed by atoms with Crippen molar-refractivity contribution in [1.82, 2.24) is 4.90 Å². The molecule has 0 heterocycles. The molecule has 0 rings (SSSR count). The number of rotatable bonds is 6. The summed E-state index contributed by atoms with van der Waals surface area (Å²) in [5.41, 5.74) is 0. The molecule has 5 nitrogen and oxygen atoms in total. The van der Waals surface area contributed by atoms with Gasteiger partial charge in [-0.25, -0.2) is 9.69 Å². The molecule has 0 fully saturated rings. The Morgan fingerprint density at radius 2 is 2.09 bits per heavy atom. The largest absolute Gasteiger partial charge is 0.464 e. The number of carboxylic acid groups (broad SMARTS) is 1. The summed E-state index contributed by atoms with van der Waals surface area (Å²) in [6.07, 6.45) is 1.86. The second-order valence-electron chi connectivity index (χ2n) is 4.08. The number of hydrogen-bond donors (Lipinski definition) is 1. The van der Waals surface area contributed by atoms with Crippen LogP contribution in [0.1, 0.15) is 32.6 Å². The zero-order valence-corrected chi connectivity index (χ0v) is 17.6. The third kappa shape index (κ3) is 13.2. The van der Waals surface area contributed by atoms with E-state index in [0.29, 0.717) is 29.1 Å². The van der Waals surface area contributed by atoms with Gasteiger partial charge in [0.15, 0.2) is 0 Å². The smallest absolute Gasteiger partial charge is 0.419 e. The Hall–Kier alpha value is -0.500. The van der Waals surface area contributed by atoms with Gasteiger partial charge in [0.05, 0.1) is 16.6 Å². The predicted molar refractivity (Wildman–Crippen MR) is 102 cm³/mol. The molecule has 0 radical (unpaired) electrons. The fourth-order valence-electron chi connectivity index (χ4n) is 1.05. The molecule has 0 aliphatic carbocycles. The van der Waals surface area contributed by atoms with Crippen LogP contribution in [0.15, 0.2) is 0 Å². The Balaban J connectivity index is 0. The Bertz CT molecular complexity index is 465. The van der Waals surface area contributed by atoms with Gasteiger partial charge in [-0.05, 0) is 12.8 Å². The average molecular weight is 547 g/mol. The number of nitriles is 2. The molecule has 0 saturated carbocycles. The fourth-order valence-corrected chi connectivity index (χ4v) is 1.82. The summed E-state index contributed by atoms with van der Waals surface area (Å²) in [6.45, 7) is 2.53. The van der Waals surface area contributed by atoms with Gasteiger partial charge in [-0.2, -0.15) is 10.5 Å². The molecule has 0 bridgehead atoms. The molecule has 0 aromatic heterocycles. The minimum Gasteiger partial charge on any atom is -0.464 e. The third-order valence-corrected chi connectivity index (χ3v) is 5.24. The lowest BCUT2D eigenvalue weighted by Crippen LogP contribution is -2.25. The van der Waals surface area contributed by atoms with Gasteiger partial charge < -0.3 is 5.11 Å². The van der Waals surface area contributed by atoms with Gasteiger partial charge in [0.2, 0.25) is 0 Å². The Labute approximate surface area is 162 Å². The lowest BCUT2D eigenvalue weighted by Gasteiger charge is -2.12. The quantitative estimate of drug-likeness (QED) is 0.230. The summed E-state index contributed by atoms with van der Waals surface area (Å²) in [7, 11) is 0. The first kappa shape index (κ1) is 23.8. The van der Waals surface area contributed by atoms with Gasteiger partial charge >= 0.3 is 6.09 Å². The van der Waals surface area contributed by atoms with Crippen molar-refractivity contribution in [2.45, 2.75) is 36.9 Å². The SMILES string of the molecule is CCCCN(C#CCI)C(=O)O.N#CCCC(Br)(C#N)CBr. The highest BCUT2D eigenvalue weighted by atomic mass is 127. The van der Waals surface area contributed by atoms with E-state index in [0.717, 1.165) is 17.7 Å². The summed E-state index contributed by atoms with van der Waals surface area (Å²) in [6, 6.07) is 6.65. The number of alkyl halides is 3. The lowest BCUT2D eigenvalue weighted by atomic mass is 10.1. The molecule has 1 N–H and O–H groups in total. The van der Waals surface area contributed by atoms with Crippen molar-refractivity contribution in [2.24, 2.45) is 0 Å². The molecule has 0 aliphatic rings. The van der Waals surface area contributed by atoms with Crippen LogP contribution in [-0.4, -0.2) is 36.7 Å². The molecule has 22 heavy (non-hydrogen) atoms. The summed E-state index contributed by atoms with van der Waals surface area (Å²) in [4.78, 5) is 11.7. The zero-order valence-electron chi connectivity index (χ0n) is 12.3. The summed E-state index contributed by atoms with van der Waals surface area (Å²) in [5.74, 6) is 2.72. The average Bonchev–Trinajstić information content (AvgIpc) is 2.53. The minimum atomic E-state index is -0.958. The monoisotopic (exact) mass is 545 g/mol. The molecule has 0 aliphatic heterocycles. The van der Waals surface area contributed by atoms with Crippen molar-refractivity contribution in [3.05, 3.63) is 0 Å². The molecule has 0 aromatic carbocycles. The number of halogens is 3. The minimum absolute atomic E-state index is 0.407. The molecule has 0 spiro atoms. The number of amides is 1. The van der Waals surface area contributed by atoms with E-state index >= 15 is 0 Å². The van der Waals surface area contributed by atoms with E-state index in [-0.39, 0.29) is 0 Å². The number of hydrogen-bond acceptors (Lipinski definition) is 3. The molecular formula is C14H18Br2IN3O2. The summed E-state index contributed by atoms with van der Waals surface area (Å²) >= 11 is 8.50. The number of nitrogens with zero attached hydrogens (tertiary/aromatic N) is 3. The van der Waals surface area contributed by atoms with Gasteiger partial charge in [-0.15, -0.1) is 0 Å². The lowest BCUT2D eigenvalue weighted by molar-refractivity contribution is 0.165. The van der Waals surface area contributed by atoms with Crippen LogP contribution < -0.4 is 0 Å². The van der Waals surface area contributed by atoms with E-state index < -0.39 is 10.4 Å².